The first-order valence-electron chi connectivity index (χ1n) is 9.97. The normalized spacial score (nSPS) is 14.3. The molecule has 1 saturated heterocycles. The minimum Gasteiger partial charge on any atom is -0.497 e. The lowest BCUT2D eigenvalue weighted by molar-refractivity contribution is -0.136. The van der Waals surface area contributed by atoms with Crippen LogP contribution < -0.4 is 9.64 Å². The predicted molar refractivity (Wildman–Crippen MR) is 115 cm³/mol. The third kappa shape index (κ3) is 5.25. The van der Waals surface area contributed by atoms with E-state index in [1.165, 1.54) is 0 Å². The molecule has 1 aliphatic rings. The molecule has 0 saturated carbocycles. The zero-order valence-electron chi connectivity index (χ0n) is 16.9. The van der Waals surface area contributed by atoms with Crippen LogP contribution in [0.15, 0.2) is 61.2 Å². The quantitative estimate of drug-likeness (QED) is 0.504. The second-order valence-electron chi connectivity index (χ2n) is 7.33. The summed E-state index contributed by atoms with van der Waals surface area (Å²) in [5.74, 6) is 0.997. The van der Waals surface area contributed by atoms with Crippen LogP contribution in [0.4, 0.5) is 5.69 Å². The third-order valence-electron chi connectivity index (χ3n) is 5.41. The smallest absolute Gasteiger partial charge is 0.226 e. The molecular weight excluding hydrogens is 364 g/mol. The molecule has 0 radical (unpaired) electrons. The Bertz CT molecular complexity index is 839. The number of hydrogen-bond acceptors (Lipinski definition) is 4. The number of carbonyl (C=O) groups is 2. The number of piperidine rings is 1. The van der Waals surface area contributed by atoms with Gasteiger partial charge >= 0.3 is 0 Å². The average Bonchev–Trinajstić information content (AvgIpc) is 2.78. The van der Waals surface area contributed by atoms with Crippen molar-refractivity contribution >= 4 is 17.9 Å². The van der Waals surface area contributed by atoms with Crippen molar-refractivity contribution in [2.24, 2.45) is 5.92 Å². The second-order valence-corrected chi connectivity index (χ2v) is 7.33. The highest BCUT2D eigenvalue weighted by molar-refractivity contribution is 5.79. The van der Waals surface area contributed by atoms with Crippen molar-refractivity contribution in [2.75, 3.05) is 31.6 Å². The minimum atomic E-state index is 0.0195. The highest BCUT2D eigenvalue weighted by Gasteiger charge is 2.28. The van der Waals surface area contributed by atoms with Gasteiger partial charge < -0.3 is 14.5 Å². The van der Waals surface area contributed by atoms with Crippen LogP contribution in [-0.4, -0.2) is 43.8 Å². The molecule has 1 heterocycles. The Kier molecular flexibility index (Phi) is 7.06. The lowest BCUT2D eigenvalue weighted by Crippen LogP contribution is -2.42. The van der Waals surface area contributed by atoms with Gasteiger partial charge in [-0.3, -0.25) is 9.59 Å². The number of hydrogen-bond donors (Lipinski definition) is 0. The summed E-state index contributed by atoms with van der Waals surface area (Å²) in [5.41, 5.74) is 2.82. The monoisotopic (exact) mass is 392 g/mol. The summed E-state index contributed by atoms with van der Waals surface area (Å²) in [4.78, 5) is 28.1. The van der Waals surface area contributed by atoms with E-state index >= 15 is 0 Å². The standard InChI is InChI=1S/C24H28N2O3/c1-3-13-26(17-20-5-4-6-23(16-20)29-2)24(28)21-11-14-25(15-12-21)22-9-7-19(18-27)8-10-22/h3-10,16,18,21H,1,11-15,17H2,2H3. The molecule has 0 N–H and O–H groups in total. The van der Waals surface area contributed by atoms with Crippen LogP contribution in [0.5, 0.6) is 5.75 Å². The summed E-state index contributed by atoms with van der Waals surface area (Å²) in [5, 5.41) is 0. The Labute approximate surface area is 172 Å². The van der Waals surface area contributed by atoms with E-state index in [0.717, 1.165) is 49.2 Å². The molecule has 29 heavy (non-hydrogen) atoms. The molecule has 152 valence electrons. The van der Waals surface area contributed by atoms with Crippen molar-refractivity contribution in [3.05, 3.63) is 72.3 Å². The van der Waals surface area contributed by atoms with Gasteiger partial charge in [-0.2, -0.15) is 0 Å². The van der Waals surface area contributed by atoms with E-state index in [-0.39, 0.29) is 11.8 Å². The van der Waals surface area contributed by atoms with Crippen molar-refractivity contribution in [1.82, 2.24) is 4.90 Å². The van der Waals surface area contributed by atoms with Crippen molar-refractivity contribution in [2.45, 2.75) is 19.4 Å². The van der Waals surface area contributed by atoms with E-state index in [9.17, 15) is 9.59 Å². The van der Waals surface area contributed by atoms with E-state index in [1.54, 1.807) is 13.2 Å². The first-order chi connectivity index (χ1) is 14.1. The fourth-order valence-electron chi connectivity index (χ4n) is 3.79. The van der Waals surface area contributed by atoms with Gasteiger partial charge in [0.25, 0.3) is 0 Å². The maximum Gasteiger partial charge on any atom is 0.226 e. The van der Waals surface area contributed by atoms with Crippen molar-refractivity contribution < 1.29 is 14.3 Å². The van der Waals surface area contributed by atoms with Gasteiger partial charge in [0.15, 0.2) is 0 Å². The molecule has 0 unspecified atom stereocenters. The Hall–Kier alpha value is -3.08. The number of aldehydes is 1. The van der Waals surface area contributed by atoms with Gasteiger partial charge in [0.2, 0.25) is 5.91 Å². The van der Waals surface area contributed by atoms with Crippen molar-refractivity contribution in [1.29, 1.82) is 0 Å². The van der Waals surface area contributed by atoms with Crippen molar-refractivity contribution in [3.63, 3.8) is 0 Å². The van der Waals surface area contributed by atoms with E-state index < -0.39 is 0 Å². The molecule has 0 bridgehead atoms. The fraction of sp³-hybridized carbons (Fsp3) is 0.333. The highest BCUT2D eigenvalue weighted by Crippen LogP contribution is 2.26. The zero-order valence-corrected chi connectivity index (χ0v) is 16.9. The molecule has 0 atom stereocenters. The molecule has 0 spiro atoms. The van der Waals surface area contributed by atoms with Gasteiger partial charge in [-0.1, -0.05) is 18.2 Å². The third-order valence-corrected chi connectivity index (χ3v) is 5.41. The summed E-state index contributed by atoms with van der Waals surface area (Å²) < 4.78 is 5.29. The fourth-order valence-corrected chi connectivity index (χ4v) is 3.79. The van der Waals surface area contributed by atoms with Crippen LogP contribution >= 0.6 is 0 Å². The predicted octanol–water partition coefficient (Wildman–Crippen LogP) is 3.94. The average molecular weight is 392 g/mol. The van der Waals surface area contributed by atoms with Crippen LogP contribution in [0.2, 0.25) is 0 Å². The Morgan fingerprint density at radius 2 is 1.93 bits per heavy atom. The molecule has 0 aromatic heterocycles. The van der Waals surface area contributed by atoms with Crippen LogP contribution in [0.25, 0.3) is 0 Å². The first-order valence-corrected chi connectivity index (χ1v) is 9.97. The molecular formula is C24H28N2O3. The van der Waals surface area contributed by atoms with Crippen LogP contribution in [0.3, 0.4) is 0 Å². The molecule has 2 aromatic rings. The largest absolute Gasteiger partial charge is 0.497 e. The second kappa shape index (κ2) is 9.92. The summed E-state index contributed by atoms with van der Waals surface area (Å²) in [6.45, 7) is 6.56. The van der Waals surface area contributed by atoms with Crippen LogP contribution in [0, 0.1) is 5.92 Å². The lowest BCUT2D eigenvalue weighted by Gasteiger charge is -2.35. The Morgan fingerprint density at radius 3 is 2.55 bits per heavy atom. The number of ether oxygens (including phenoxy) is 1. The summed E-state index contributed by atoms with van der Waals surface area (Å²) >= 11 is 0. The molecule has 3 rings (SSSR count). The molecule has 2 aromatic carbocycles. The molecule has 1 fully saturated rings. The molecule has 5 nitrogen and oxygen atoms in total. The summed E-state index contributed by atoms with van der Waals surface area (Å²) in [6.07, 6.45) is 4.27. The maximum absolute atomic E-state index is 13.2. The Balaban J connectivity index is 1.61. The molecule has 5 heteroatoms. The molecule has 1 aliphatic heterocycles. The van der Waals surface area contributed by atoms with Gasteiger partial charge in [-0.15, -0.1) is 6.58 Å². The lowest BCUT2D eigenvalue weighted by atomic mass is 9.94. The first kappa shape index (κ1) is 20.6. The van der Waals surface area contributed by atoms with E-state index in [0.29, 0.717) is 18.7 Å². The number of anilines is 1. The number of rotatable bonds is 8. The number of benzene rings is 2. The van der Waals surface area contributed by atoms with E-state index in [1.807, 2.05) is 53.4 Å². The number of carbonyl (C=O) groups excluding carboxylic acids is 2. The number of amides is 1. The van der Waals surface area contributed by atoms with Gasteiger partial charge in [0.1, 0.15) is 12.0 Å². The number of methoxy groups -OCH3 is 1. The SMILES string of the molecule is C=CCN(Cc1cccc(OC)c1)C(=O)C1CCN(c2ccc(C=O)cc2)CC1. The Morgan fingerprint density at radius 1 is 1.21 bits per heavy atom. The van der Waals surface area contributed by atoms with Gasteiger partial charge in [0, 0.05) is 43.3 Å². The van der Waals surface area contributed by atoms with Gasteiger partial charge in [-0.25, -0.2) is 0 Å². The number of nitrogens with zero attached hydrogens (tertiary/aromatic N) is 2. The van der Waals surface area contributed by atoms with Gasteiger partial charge in [0.05, 0.1) is 7.11 Å². The van der Waals surface area contributed by atoms with E-state index in [4.69, 9.17) is 4.74 Å². The minimum absolute atomic E-state index is 0.0195. The zero-order chi connectivity index (χ0) is 20.6. The summed E-state index contributed by atoms with van der Waals surface area (Å²) in [7, 11) is 1.64. The topological polar surface area (TPSA) is 49.9 Å². The molecule has 0 aliphatic carbocycles. The maximum atomic E-state index is 13.2. The van der Waals surface area contributed by atoms with Gasteiger partial charge in [-0.05, 0) is 54.8 Å². The van der Waals surface area contributed by atoms with Crippen molar-refractivity contribution in [3.8, 4) is 5.75 Å². The summed E-state index contributed by atoms with van der Waals surface area (Å²) in [6, 6.07) is 15.4. The van der Waals surface area contributed by atoms with Crippen LogP contribution in [-0.2, 0) is 11.3 Å². The molecule has 1 amide bonds. The highest BCUT2D eigenvalue weighted by atomic mass is 16.5. The van der Waals surface area contributed by atoms with Crippen LogP contribution in [0.1, 0.15) is 28.8 Å². The van der Waals surface area contributed by atoms with E-state index in [2.05, 4.69) is 11.5 Å².